The van der Waals surface area contributed by atoms with Crippen LogP contribution in [0.2, 0.25) is 0 Å². The molecule has 0 saturated heterocycles. The van der Waals surface area contributed by atoms with Gasteiger partial charge in [-0.3, -0.25) is 9.59 Å². The van der Waals surface area contributed by atoms with Gasteiger partial charge in [0.15, 0.2) is 0 Å². The summed E-state index contributed by atoms with van der Waals surface area (Å²) in [7, 11) is 0. The summed E-state index contributed by atoms with van der Waals surface area (Å²) in [6.45, 7) is 9.14. The summed E-state index contributed by atoms with van der Waals surface area (Å²) < 4.78 is 0. The maximum Gasteiger partial charge on any atom is 0.316 e. The quantitative estimate of drug-likeness (QED) is 0.589. The molecule has 2 atom stereocenters. The van der Waals surface area contributed by atoms with E-state index in [-0.39, 0.29) is 25.0 Å². The Hall–Kier alpha value is -0.750. The molecule has 0 aliphatic carbocycles. The Morgan fingerprint density at radius 3 is 2.41 bits per heavy atom. The molecule has 0 spiro atoms. The lowest BCUT2D eigenvalue weighted by molar-refractivity contribution is -0.136. The summed E-state index contributed by atoms with van der Waals surface area (Å²) in [6, 6.07) is -0.0260. The van der Waals surface area contributed by atoms with Gasteiger partial charge in [0, 0.05) is 17.7 Å². The van der Waals surface area contributed by atoms with Gasteiger partial charge in [-0.15, -0.1) is 11.8 Å². The van der Waals surface area contributed by atoms with Gasteiger partial charge >= 0.3 is 5.97 Å². The molecule has 0 aromatic carbocycles. The molecule has 0 heterocycles. The molecule has 6 heteroatoms. The molecule has 0 aliphatic rings. The van der Waals surface area contributed by atoms with Crippen molar-refractivity contribution in [3.63, 3.8) is 0 Å². The first-order valence-corrected chi connectivity index (χ1v) is 6.44. The van der Waals surface area contributed by atoms with Gasteiger partial charge in [-0.25, -0.2) is 0 Å². The third-order valence-corrected chi connectivity index (χ3v) is 3.14. The van der Waals surface area contributed by atoms with Crippen LogP contribution in [0.15, 0.2) is 0 Å². The Morgan fingerprint density at radius 2 is 2.00 bits per heavy atom. The normalized spacial score (nSPS) is 14.4. The van der Waals surface area contributed by atoms with Crippen LogP contribution in [-0.2, 0) is 9.59 Å². The van der Waals surface area contributed by atoms with Crippen molar-refractivity contribution in [2.75, 3.05) is 12.4 Å². The minimum atomic E-state index is -1.02. The van der Waals surface area contributed by atoms with E-state index in [1.54, 1.807) is 13.8 Å². The Balaban J connectivity index is 4.24. The van der Waals surface area contributed by atoms with Crippen LogP contribution in [0.3, 0.4) is 0 Å². The maximum atomic E-state index is 11.5. The largest absolute Gasteiger partial charge is 0.480 e. The van der Waals surface area contributed by atoms with E-state index >= 15 is 0 Å². The van der Waals surface area contributed by atoms with Crippen molar-refractivity contribution in [3.8, 4) is 0 Å². The van der Waals surface area contributed by atoms with E-state index in [9.17, 15) is 9.59 Å². The highest BCUT2D eigenvalue weighted by Gasteiger charge is 2.24. The average Bonchev–Trinajstić information content (AvgIpc) is 2.22. The van der Waals surface area contributed by atoms with E-state index < -0.39 is 17.1 Å². The fourth-order valence-electron chi connectivity index (χ4n) is 1.16. The molecule has 0 fully saturated rings. The van der Waals surface area contributed by atoms with Crippen LogP contribution in [0.25, 0.3) is 0 Å². The Labute approximate surface area is 106 Å². The van der Waals surface area contributed by atoms with Crippen molar-refractivity contribution in [3.05, 3.63) is 6.92 Å². The predicted molar refractivity (Wildman–Crippen MR) is 66.7 cm³/mol. The van der Waals surface area contributed by atoms with Gasteiger partial charge in [0.1, 0.15) is 5.25 Å². The molecule has 2 radical (unpaired) electrons. The van der Waals surface area contributed by atoms with E-state index in [2.05, 4.69) is 5.32 Å². The molecule has 0 aromatic heterocycles. The first-order chi connectivity index (χ1) is 7.88. The second-order valence-corrected chi connectivity index (χ2v) is 5.24. The highest BCUT2D eigenvalue weighted by molar-refractivity contribution is 8.00. The predicted octanol–water partition coefficient (Wildman–Crippen LogP) is 0.407. The molecule has 0 aromatic rings. The number of nitrogens with one attached hydrogen (secondary N) is 1. The van der Waals surface area contributed by atoms with E-state index in [0.717, 1.165) is 11.8 Å². The van der Waals surface area contributed by atoms with Gasteiger partial charge in [-0.05, 0) is 27.2 Å². The topological polar surface area (TPSA) is 86.6 Å². The number of aliphatic hydroxyl groups excluding tert-OH is 1. The van der Waals surface area contributed by atoms with E-state index in [1.165, 1.54) is 0 Å². The summed E-state index contributed by atoms with van der Waals surface area (Å²) in [4.78, 5) is 22.4. The number of aliphatic carboxylic acids is 1. The summed E-state index contributed by atoms with van der Waals surface area (Å²) in [6.07, 6.45) is 0.0541. The molecule has 0 saturated carbocycles. The number of carbonyl (C=O) groups excluding carboxylic acids is 1. The number of thioether (sulfide) groups is 1. The molecular weight excluding hydrogens is 242 g/mol. The minimum absolute atomic E-state index is 0.0260. The number of rotatable bonds is 8. The highest BCUT2D eigenvalue weighted by atomic mass is 32.2. The first-order valence-electron chi connectivity index (χ1n) is 5.39. The lowest BCUT2D eigenvalue weighted by Crippen LogP contribution is -2.36. The van der Waals surface area contributed by atoms with E-state index in [1.807, 2.05) is 0 Å². The van der Waals surface area contributed by atoms with Crippen molar-refractivity contribution in [2.45, 2.75) is 31.6 Å². The molecule has 1 amide bonds. The van der Waals surface area contributed by atoms with Gasteiger partial charge in [-0.1, -0.05) is 0 Å². The van der Waals surface area contributed by atoms with Crippen molar-refractivity contribution >= 4 is 23.6 Å². The zero-order valence-electron chi connectivity index (χ0n) is 10.0. The summed E-state index contributed by atoms with van der Waals surface area (Å²) in [5.41, 5.74) is 0. The second kappa shape index (κ2) is 8.36. The molecule has 98 valence electrons. The smallest absolute Gasteiger partial charge is 0.316 e. The molecule has 5 nitrogen and oxygen atoms in total. The van der Waals surface area contributed by atoms with Crippen LogP contribution in [-0.4, -0.2) is 45.7 Å². The first kappa shape index (κ1) is 16.2. The molecule has 3 N–H and O–H groups in total. The average molecular weight is 261 g/mol. The summed E-state index contributed by atoms with van der Waals surface area (Å²) in [5.74, 6) is -1.90. The molecule has 17 heavy (non-hydrogen) atoms. The van der Waals surface area contributed by atoms with Crippen LogP contribution in [0, 0.1) is 12.8 Å². The zero-order chi connectivity index (χ0) is 13.4. The van der Waals surface area contributed by atoms with Crippen molar-refractivity contribution in [2.24, 2.45) is 5.92 Å². The van der Waals surface area contributed by atoms with Gasteiger partial charge in [0.25, 0.3) is 0 Å². The number of aliphatic hydroxyl groups is 1. The van der Waals surface area contributed by atoms with Crippen molar-refractivity contribution < 1.29 is 19.8 Å². The van der Waals surface area contributed by atoms with E-state index in [0.29, 0.717) is 5.75 Å². The fourth-order valence-corrected chi connectivity index (χ4v) is 2.04. The van der Waals surface area contributed by atoms with Crippen molar-refractivity contribution in [1.82, 2.24) is 5.32 Å². The van der Waals surface area contributed by atoms with Gasteiger partial charge in [0.05, 0.1) is 6.61 Å². The third kappa shape index (κ3) is 7.23. The standard InChI is InChI=1S/C11H19NO4S/c1-7(2)12-10(14)8(3)6-9(11(15)16)17-5-4-13/h3,7-9,13H,4-6H2,1-2H3,(H,12,14)(H,15,16). The van der Waals surface area contributed by atoms with Crippen LogP contribution in [0.5, 0.6) is 0 Å². The number of carboxylic acids is 1. The van der Waals surface area contributed by atoms with Crippen LogP contribution in [0.4, 0.5) is 0 Å². The minimum Gasteiger partial charge on any atom is -0.480 e. The number of amides is 1. The number of carbonyl (C=O) groups is 2. The van der Waals surface area contributed by atoms with Crippen LogP contribution < -0.4 is 5.32 Å². The molecular formula is C11H19NO4S. The molecule has 0 rings (SSSR count). The molecule has 0 aliphatic heterocycles. The Morgan fingerprint density at radius 1 is 1.41 bits per heavy atom. The molecule has 2 unspecified atom stereocenters. The third-order valence-electron chi connectivity index (χ3n) is 1.92. The van der Waals surface area contributed by atoms with Crippen LogP contribution in [0.1, 0.15) is 20.3 Å². The number of carboxylic acid groups (broad SMARTS) is 1. The highest BCUT2D eigenvalue weighted by Crippen LogP contribution is 2.19. The Kier molecular flexibility index (Phi) is 7.99. The Bertz CT molecular complexity index is 258. The van der Waals surface area contributed by atoms with Gasteiger partial charge in [-0.2, -0.15) is 0 Å². The summed E-state index contributed by atoms with van der Waals surface area (Å²) in [5, 5.41) is 19.4. The lowest BCUT2D eigenvalue weighted by Gasteiger charge is -2.18. The van der Waals surface area contributed by atoms with Crippen molar-refractivity contribution in [1.29, 1.82) is 0 Å². The van der Waals surface area contributed by atoms with Gasteiger partial charge < -0.3 is 15.5 Å². The van der Waals surface area contributed by atoms with Gasteiger partial charge in [0.2, 0.25) is 5.91 Å². The van der Waals surface area contributed by atoms with E-state index in [4.69, 9.17) is 17.1 Å². The fraction of sp³-hybridized carbons (Fsp3) is 0.727. The SMILES string of the molecule is [CH]C(CC(SCCO)C(=O)O)C(=O)NC(C)C. The lowest BCUT2D eigenvalue weighted by atomic mass is 10.0. The zero-order valence-corrected chi connectivity index (χ0v) is 10.9. The maximum absolute atomic E-state index is 11.5. The molecule has 0 bridgehead atoms. The summed E-state index contributed by atoms with van der Waals surface area (Å²) >= 11 is 1.08. The number of hydrogen-bond acceptors (Lipinski definition) is 4. The number of hydrogen-bond donors (Lipinski definition) is 3. The van der Waals surface area contributed by atoms with Crippen LogP contribution >= 0.6 is 11.8 Å². The monoisotopic (exact) mass is 261 g/mol. The second-order valence-electron chi connectivity index (χ2n) is 3.93.